The van der Waals surface area contributed by atoms with Gasteiger partial charge in [-0.2, -0.15) is 11.8 Å². The van der Waals surface area contributed by atoms with Crippen molar-refractivity contribution in [3.8, 4) is 0 Å². The molecular weight excluding hydrogens is 272 g/mol. The summed E-state index contributed by atoms with van der Waals surface area (Å²) in [5.74, 6) is 1.46. The molecule has 1 amide bonds. The third kappa shape index (κ3) is 3.67. The Bertz CT molecular complexity index is 453. The highest BCUT2D eigenvalue weighted by molar-refractivity contribution is 7.99. The Hall–Kier alpha value is -1.20. The van der Waals surface area contributed by atoms with Gasteiger partial charge in [0.1, 0.15) is 5.60 Å². The average molecular weight is 294 g/mol. The van der Waals surface area contributed by atoms with Gasteiger partial charge in [0, 0.05) is 26.3 Å². The van der Waals surface area contributed by atoms with E-state index in [1.54, 1.807) is 11.8 Å². The van der Waals surface area contributed by atoms with E-state index in [-0.39, 0.29) is 5.91 Å². The molecular formula is C15H22N2O2S. The highest BCUT2D eigenvalue weighted by atomic mass is 32.2. The van der Waals surface area contributed by atoms with Gasteiger partial charge in [-0.25, -0.2) is 0 Å². The van der Waals surface area contributed by atoms with Crippen molar-refractivity contribution < 1.29 is 9.90 Å². The molecule has 1 aliphatic rings. The normalized spacial score (nSPS) is 17.6. The maximum Gasteiger partial charge on any atom is 0.252 e. The van der Waals surface area contributed by atoms with Crippen LogP contribution in [-0.2, 0) is 11.3 Å². The summed E-state index contributed by atoms with van der Waals surface area (Å²) in [4.78, 5) is 14.1. The summed E-state index contributed by atoms with van der Waals surface area (Å²) in [6.45, 7) is 0.460. The molecule has 0 atom stereocenters. The van der Waals surface area contributed by atoms with Gasteiger partial charge in [0.05, 0.1) is 0 Å². The van der Waals surface area contributed by atoms with Crippen LogP contribution in [0.3, 0.4) is 0 Å². The van der Waals surface area contributed by atoms with Crippen LogP contribution in [0.5, 0.6) is 0 Å². The van der Waals surface area contributed by atoms with Gasteiger partial charge in [-0.1, -0.05) is 12.1 Å². The Morgan fingerprint density at radius 1 is 1.30 bits per heavy atom. The van der Waals surface area contributed by atoms with E-state index in [2.05, 4.69) is 5.32 Å². The van der Waals surface area contributed by atoms with Crippen LogP contribution in [0.1, 0.15) is 18.4 Å². The van der Waals surface area contributed by atoms with E-state index >= 15 is 0 Å². The largest absolute Gasteiger partial charge is 0.380 e. The summed E-state index contributed by atoms with van der Waals surface area (Å²) in [5.41, 5.74) is 0.996. The van der Waals surface area contributed by atoms with E-state index in [0.29, 0.717) is 19.4 Å². The first-order chi connectivity index (χ1) is 9.51. The molecule has 0 spiro atoms. The molecule has 4 nitrogen and oxygen atoms in total. The topological polar surface area (TPSA) is 52.6 Å². The molecule has 1 saturated heterocycles. The number of nitrogens with zero attached hydrogens (tertiary/aromatic N) is 1. The average Bonchev–Trinajstić information content (AvgIpc) is 2.46. The molecule has 2 rings (SSSR count). The molecule has 110 valence electrons. The zero-order chi connectivity index (χ0) is 14.6. The van der Waals surface area contributed by atoms with Crippen molar-refractivity contribution in [2.45, 2.75) is 25.0 Å². The van der Waals surface area contributed by atoms with Gasteiger partial charge in [-0.3, -0.25) is 4.79 Å². The highest BCUT2D eigenvalue weighted by Crippen LogP contribution is 2.27. The monoisotopic (exact) mass is 294 g/mol. The molecule has 0 unspecified atom stereocenters. The minimum absolute atomic E-state index is 0.241. The molecule has 0 aliphatic carbocycles. The minimum atomic E-state index is -1.17. The molecule has 20 heavy (non-hydrogen) atoms. The minimum Gasteiger partial charge on any atom is -0.380 e. The highest BCUT2D eigenvalue weighted by Gasteiger charge is 2.36. The third-order valence-corrected chi connectivity index (χ3v) is 4.63. The van der Waals surface area contributed by atoms with Crippen molar-refractivity contribution >= 4 is 23.4 Å². The third-order valence-electron chi connectivity index (χ3n) is 3.65. The van der Waals surface area contributed by atoms with Crippen LogP contribution in [0.15, 0.2) is 24.3 Å². The smallest absolute Gasteiger partial charge is 0.252 e. The lowest BCUT2D eigenvalue weighted by Crippen LogP contribution is -2.48. The molecule has 0 saturated carbocycles. The first-order valence-electron chi connectivity index (χ1n) is 6.86. The van der Waals surface area contributed by atoms with E-state index < -0.39 is 5.60 Å². The van der Waals surface area contributed by atoms with Gasteiger partial charge >= 0.3 is 0 Å². The molecule has 0 bridgehead atoms. The van der Waals surface area contributed by atoms with Crippen LogP contribution in [0.25, 0.3) is 0 Å². The first kappa shape index (κ1) is 15.2. The van der Waals surface area contributed by atoms with E-state index in [9.17, 15) is 9.90 Å². The van der Waals surface area contributed by atoms with Crippen molar-refractivity contribution in [3.63, 3.8) is 0 Å². The first-order valence-corrected chi connectivity index (χ1v) is 8.01. The summed E-state index contributed by atoms with van der Waals surface area (Å²) >= 11 is 1.79. The standard InChI is InChI=1S/C15H22N2O2S/c1-17(2)13-5-3-12(4-6-13)11-16-14(18)15(19)7-9-20-10-8-15/h3-6,19H,7-11H2,1-2H3,(H,16,18). The predicted molar refractivity (Wildman–Crippen MR) is 84.1 cm³/mol. The zero-order valence-electron chi connectivity index (χ0n) is 12.1. The number of amides is 1. The van der Waals surface area contributed by atoms with Crippen molar-refractivity contribution in [3.05, 3.63) is 29.8 Å². The van der Waals surface area contributed by atoms with Gasteiger partial charge in [-0.05, 0) is 42.0 Å². The zero-order valence-corrected chi connectivity index (χ0v) is 12.9. The number of hydrogen-bond acceptors (Lipinski definition) is 4. The number of hydrogen-bond donors (Lipinski definition) is 2. The lowest BCUT2D eigenvalue weighted by atomic mass is 9.95. The number of carbonyl (C=O) groups is 1. The summed E-state index contributed by atoms with van der Waals surface area (Å²) in [6, 6.07) is 8.04. The quantitative estimate of drug-likeness (QED) is 0.886. The molecule has 5 heteroatoms. The summed E-state index contributed by atoms with van der Waals surface area (Å²) in [5, 5.41) is 13.1. The number of thioether (sulfide) groups is 1. The fourth-order valence-electron chi connectivity index (χ4n) is 2.19. The molecule has 2 N–H and O–H groups in total. The van der Waals surface area contributed by atoms with Crippen molar-refractivity contribution in [1.82, 2.24) is 5.32 Å². The van der Waals surface area contributed by atoms with Gasteiger partial charge in [0.25, 0.3) is 5.91 Å². The summed E-state index contributed by atoms with van der Waals surface area (Å²) < 4.78 is 0. The van der Waals surface area contributed by atoms with Gasteiger partial charge in [0.2, 0.25) is 0 Å². The van der Waals surface area contributed by atoms with Crippen molar-refractivity contribution in [2.24, 2.45) is 0 Å². The van der Waals surface area contributed by atoms with E-state index in [0.717, 1.165) is 22.8 Å². The lowest BCUT2D eigenvalue weighted by Gasteiger charge is -2.30. The second-order valence-electron chi connectivity index (χ2n) is 5.39. The fraction of sp³-hybridized carbons (Fsp3) is 0.533. The lowest BCUT2D eigenvalue weighted by molar-refractivity contribution is -0.140. The van der Waals surface area contributed by atoms with Gasteiger partial charge < -0.3 is 15.3 Å². The Kier molecular flexibility index (Phi) is 4.94. The Balaban J connectivity index is 1.89. The maximum atomic E-state index is 12.1. The molecule has 1 aromatic carbocycles. The van der Waals surface area contributed by atoms with Crippen LogP contribution in [0.2, 0.25) is 0 Å². The summed E-state index contributed by atoms with van der Waals surface area (Å²) in [6.07, 6.45) is 1.09. The molecule has 0 radical (unpaired) electrons. The van der Waals surface area contributed by atoms with Crippen LogP contribution in [-0.4, -0.2) is 42.2 Å². The van der Waals surface area contributed by atoms with Crippen molar-refractivity contribution in [2.75, 3.05) is 30.5 Å². The number of benzene rings is 1. The molecule has 1 aromatic rings. The van der Waals surface area contributed by atoms with E-state index in [1.807, 2.05) is 43.3 Å². The van der Waals surface area contributed by atoms with Crippen LogP contribution < -0.4 is 10.2 Å². The predicted octanol–water partition coefficient (Wildman–Crippen LogP) is 1.63. The number of carbonyl (C=O) groups excluding carboxylic acids is 1. The Morgan fingerprint density at radius 2 is 1.90 bits per heavy atom. The molecule has 1 aliphatic heterocycles. The number of anilines is 1. The van der Waals surface area contributed by atoms with Crippen LogP contribution in [0.4, 0.5) is 5.69 Å². The van der Waals surface area contributed by atoms with Gasteiger partial charge in [0.15, 0.2) is 0 Å². The second kappa shape index (κ2) is 6.50. The molecule has 1 heterocycles. The second-order valence-corrected chi connectivity index (χ2v) is 6.61. The number of aliphatic hydroxyl groups is 1. The molecule has 1 fully saturated rings. The van der Waals surface area contributed by atoms with Crippen LogP contribution >= 0.6 is 11.8 Å². The van der Waals surface area contributed by atoms with Crippen LogP contribution in [0, 0.1) is 0 Å². The number of rotatable bonds is 4. The maximum absolute atomic E-state index is 12.1. The number of nitrogens with one attached hydrogen (secondary N) is 1. The molecule has 0 aromatic heterocycles. The van der Waals surface area contributed by atoms with E-state index in [4.69, 9.17) is 0 Å². The van der Waals surface area contributed by atoms with E-state index in [1.165, 1.54) is 0 Å². The Labute approximate surface area is 124 Å². The van der Waals surface area contributed by atoms with Gasteiger partial charge in [-0.15, -0.1) is 0 Å². The SMILES string of the molecule is CN(C)c1ccc(CNC(=O)C2(O)CCSCC2)cc1. The Morgan fingerprint density at radius 3 is 2.45 bits per heavy atom. The fourth-order valence-corrected chi connectivity index (χ4v) is 3.36. The van der Waals surface area contributed by atoms with Crippen molar-refractivity contribution in [1.29, 1.82) is 0 Å². The summed E-state index contributed by atoms with van der Waals surface area (Å²) in [7, 11) is 3.99.